The molecule has 0 bridgehead atoms. The lowest BCUT2D eigenvalue weighted by atomic mass is 9.92. The Hall–Kier alpha value is -7.20. The first-order valence-electron chi connectivity index (χ1n) is 21.8. The lowest BCUT2D eigenvalue weighted by Gasteiger charge is -2.19. The molecule has 6 rings (SSSR count). The van der Waals surface area contributed by atoms with Crippen molar-refractivity contribution in [2.75, 3.05) is 13.1 Å². The summed E-state index contributed by atoms with van der Waals surface area (Å²) in [5.74, 6) is 0.107. The number of carboxylic acids is 2. The number of carboxylic acid groups (broad SMARTS) is 2. The third-order valence-corrected chi connectivity index (χ3v) is 11.5. The fourth-order valence-electron chi connectivity index (χ4n) is 7.22. The van der Waals surface area contributed by atoms with Crippen molar-refractivity contribution in [3.05, 3.63) is 163 Å². The first-order chi connectivity index (χ1) is 32.9. The summed E-state index contributed by atoms with van der Waals surface area (Å²) in [6.45, 7) is 6.39. The first kappa shape index (κ1) is 50.2. The largest absolute Gasteiger partial charge is 0.487 e. The van der Waals surface area contributed by atoms with Gasteiger partial charge in [0.05, 0.1) is 44.7 Å². The van der Waals surface area contributed by atoms with E-state index in [2.05, 4.69) is 44.9 Å². The number of rotatable bonds is 25. The van der Waals surface area contributed by atoms with Crippen LogP contribution < -0.4 is 29.6 Å². The fourth-order valence-corrected chi connectivity index (χ4v) is 7.71. The molecule has 0 aliphatic heterocycles. The minimum atomic E-state index is -0.858. The zero-order chi connectivity index (χ0) is 48.4. The van der Waals surface area contributed by atoms with E-state index in [9.17, 15) is 20.1 Å². The molecule has 2 heterocycles. The Bertz CT molecular complexity index is 2640. The van der Waals surface area contributed by atoms with E-state index in [0.29, 0.717) is 94.6 Å². The maximum absolute atomic E-state index is 11.0. The van der Waals surface area contributed by atoms with E-state index in [-0.39, 0.29) is 39.3 Å². The van der Waals surface area contributed by atoms with Crippen LogP contribution in [0.1, 0.15) is 81.6 Å². The monoisotopic (exact) mass is 956 g/mol. The second kappa shape index (κ2) is 25.1. The zero-order valence-corrected chi connectivity index (χ0v) is 39.1. The van der Waals surface area contributed by atoms with Gasteiger partial charge in [-0.15, -0.1) is 0 Å². The Morgan fingerprint density at radius 2 is 0.985 bits per heavy atom. The quantitative estimate of drug-likeness (QED) is 0.0394. The SMILES string of the molecule is Cc1c(COc2cc(OCc3cc(C#N)ccn3)c(CNCCCC(=O)O)cc2Cl)cccc1-c1cccc(COc2cc(OCc3cc(C#N)ccn3)c(CNCCCC(=O)O)cc2Cl)c1C. The molecule has 0 aliphatic carbocycles. The number of benzene rings is 4. The van der Waals surface area contributed by atoms with Crippen molar-refractivity contribution in [1.82, 2.24) is 20.6 Å². The highest BCUT2D eigenvalue weighted by molar-refractivity contribution is 6.32. The summed E-state index contributed by atoms with van der Waals surface area (Å²) >= 11 is 13.6. The van der Waals surface area contributed by atoms with Crippen molar-refractivity contribution in [3.63, 3.8) is 0 Å². The van der Waals surface area contributed by atoms with Crippen molar-refractivity contribution < 1.29 is 38.7 Å². The molecule has 14 nitrogen and oxygen atoms in total. The average Bonchev–Trinajstić information content (AvgIpc) is 3.33. The van der Waals surface area contributed by atoms with E-state index in [1.807, 2.05) is 38.1 Å². The van der Waals surface area contributed by atoms with Crippen molar-refractivity contribution in [1.29, 1.82) is 10.5 Å². The summed E-state index contributed by atoms with van der Waals surface area (Å²) in [6.07, 6.45) is 4.14. The first-order valence-corrected chi connectivity index (χ1v) is 22.6. The van der Waals surface area contributed by atoms with E-state index < -0.39 is 11.9 Å². The van der Waals surface area contributed by atoms with Gasteiger partial charge in [0, 0.05) is 61.6 Å². The molecule has 0 unspecified atom stereocenters. The summed E-state index contributed by atoms with van der Waals surface area (Å²) < 4.78 is 25.2. The molecule has 0 amide bonds. The maximum atomic E-state index is 11.0. The Kier molecular flexibility index (Phi) is 18.5. The third-order valence-electron chi connectivity index (χ3n) is 10.9. The van der Waals surface area contributed by atoms with Gasteiger partial charge in [-0.05, 0) is 110 Å². The van der Waals surface area contributed by atoms with Crippen LogP contribution in [0.15, 0.2) is 97.3 Å². The number of aromatic nitrogens is 2. The van der Waals surface area contributed by atoms with Gasteiger partial charge in [0.2, 0.25) is 0 Å². The van der Waals surface area contributed by atoms with Crippen LogP contribution in [0.3, 0.4) is 0 Å². The summed E-state index contributed by atoms with van der Waals surface area (Å²) in [7, 11) is 0. The van der Waals surface area contributed by atoms with Gasteiger partial charge in [-0.25, -0.2) is 0 Å². The number of pyridine rings is 2. The van der Waals surface area contributed by atoms with Gasteiger partial charge in [0.25, 0.3) is 0 Å². The van der Waals surface area contributed by atoms with E-state index in [0.717, 1.165) is 44.5 Å². The molecule has 0 saturated carbocycles. The molecule has 68 heavy (non-hydrogen) atoms. The predicted octanol–water partition coefficient (Wildman–Crippen LogP) is 10.0. The zero-order valence-electron chi connectivity index (χ0n) is 37.6. The van der Waals surface area contributed by atoms with E-state index in [1.165, 1.54) is 0 Å². The highest BCUT2D eigenvalue weighted by Crippen LogP contribution is 2.37. The molecule has 4 N–H and O–H groups in total. The smallest absolute Gasteiger partial charge is 0.303 e. The molecule has 0 saturated heterocycles. The summed E-state index contributed by atoms with van der Waals surface area (Å²) in [4.78, 5) is 30.7. The molecule has 0 radical (unpaired) electrons. The molecular formula is C52H50Cl2N6O8. The Morgan fingerprint density at radius 1 is 0.574 bits per heavy atom. The normalized spacial score (nSPS) is 10.8. The molecule has 0 spiro atoms. The molecular weight excluding hydrogens is 908 g/mol. The lowest BCUT2D eigenvalue weighted by molar-refractivity contribution is -0.138. The van der Waals surface area contributed by atoms with Crippen molar-refractivity contribution in [2.45, 2.75) is 79.0 Å². The number of ether oxygens (including phenoxy) is 4. The van der Waals surface area contributed by atoms with Crippen LogP contribution in [-0.4, -0.2) is 45.2 Å². The molecule has 0 aliphatic rings. The predicted molar refractivity (Wildman–Crippen MR) is 257 cm³/mol. The molecule has 0 fully saturated rings. The van der Waals surface area contributed by atoms with Crippen LogP contribution in [0.2, 0.25) is 10.0 Å². The van der Waals surface area contributed by atoms with Crippen molar-refractivity contribution in [3.8, 4) is 46.3 Å². The number of nitriles is 2. The van der Waals surface area contributed by atoms with Gasteiger partial charge < -0.3 is 39.8 Å². The van der Waals surface area contributed by atoms with Crippen LogP contribution >= 0.6 is 23.2 Å². The van der Waals surface area contributed by atoms with E-state index in [1.54, 1.807) is 60.9 Å². The van der Waals surface area contributed by atoms with Gasteiger partial charge in [0.15, 0.2) is 0 Å². The summed E-state index contributed by atoms with van der Waals surface area (Å²) in [5.41, 5.74) is 9.50. The summed E-state index contributed by atoms with van der Waals surface area (Å²) in [6, 6.07) is 29.9. The molecule has 16 heteroatoms. The molecule has 4 aromatic carbocycles. The van der Waals surface area contributed by atoms with Crippen molar-refractivity contribution >= 4 is 35.1 Å². The second-order valence-electron chi connectivity index (χ2n) is 15.8. The third kappa shape index (κ3) is 14.4. The number of hydrogen-bond acceptors (Lipinski definition) is 12. The van der Waals surface area contributed by atoms with Gasteiger partial charge in [0.1, 0.15) is 49.4 Å². The number of halogens is 2. The minimum absolute atomic E-state index is 0.0510. The Balaban J connectivity index is 1.17. The molecule has 350 valence electrons. The van der Waals surface area contributed by atoms with E-state index in [4.69, 9.17) is 52.4 Å². The van der Waals surface area contributed by atoms with Gasteiger partial charge in [-0.1, -0.05) is 59.6 Å². The number of hydrogen-bond donors (Lipinski definition) is 4. The number of nitrogens with zero attached hydrogens (tertiary/aromatic N) is 4. The Morgan fingerprint density at radius 3 is 1.38 bits per heavy atom. The minimum Gasteiger partial charge on any atom is -0.487 e. The van der Waals surface area contributed by atoms with Gasteiger partial charge >= 0.3 is 11.9 Å². The van der Waals surface area contributed by atoms with Gasteiger partial charge in [-0.3, -0.25) is 19.6 Å². The number of nitrogens with one attached hydrogen (secondary N) is 2. The highest BCUT2D eigenvalue weighted by atomic mass is 35.5. The molecule has 2 aromatic heterocycles. The van der Waals surface area contributed by atoms with Crippen LogP contribution in [0.5, 0.6) is 23.0 Å². The van der Waals surface area contributed by atoms with Crippen LogP contribution in [0, 0.1) is 36.5 Å². The maximum Gasteiger partial charge on any atom is 0.303 e. The lowest BCUT2D eigenvalue weighted by Crippen LogP contribution is -2.16. The fraction of sp³-hybridized carbons (Fsp3) is 0.269. The van der Waals surface area contributed by atoms with E-state index >= 15 is 0 Å². The van der Waals surface area contributed by atoms with Crippen LogP contribution in [0.4, 0.5) is 0 Å². The number of carbonyl (C=O) groups is 2. The van der Waals surface area contributed by atoms with Crippen LogP contribution in [-0.2, 0) is 49.1 Å². The molecule has 6 aromatic rings. The second-order valence-corrected chi connectivity index (χ2v) is 16.6. The standard InChI is InChI=1S/C52H50Cl2N6O8/c1-33-37(29-65-49-23-47(67-31-41-19-35(25-55)13-17-59-41)39(21-45(49)53)27-57-15-5-11-51(61)62)7-3-9-43(33)44-10-4-8-38(34(44)2)30-66-50-24-48(68-32-42-20-36(26-56)14-18-60-42)40(22-46(50)54)28-58-16-6-12-52(63)64/h3-4,7-10,13-14,17-24,57-58H,5-6,11-12,15-16,27-32H2,1-2H3,(H,61,62)(H,63,64). The number of aliphatic carboxylic acids is 2. The topological polar surface area (TPSA) is 209 Å². The summed E-state index contributed by atoms with van der Waals surface area (Å²) in [5, 5.41) is 44.0. The average molecular weight is 958 g/mol. The van der Waals surface area contributed by atoms with Gasteiger partial charge in [-0.2, -0.15) is 10.5 Å². The highest BCUT2D eigenvalue weighted by Gasteiger charge is 2.17. The van der Waals surface area contributed by atoms with Crippen molar-refractivity contribution in [2.24, 2.45) is 0 Å². The Labute approximate surface area is 405 Å². The van der Waals surface area contributed by atoms with Crippen LogP contribution in [0.25, 0.3) is 11.1 Å². The molecule has 0 atom stereocenters.